The Labute approximate surface area is 164 Å². The summed E-state index contributed by atoms with van der Waals surface area (Å²) in [6, 6.07) is 16.4. The van der Waals surface area contributed by atoms with Crippen LogP contribution in [0.2, 0.25) is 0 Å². The molecule has 7 heteroatoms. The molecule has 2 aromatic carbocycles. The lowest BCUT2D eigenvalue weighted by Crippen LogP contribution is -2.37. The zero-order valence-electron chi connectivity index (χ0n) is 16.7. The molecule has 28 heavy (non-hydrogen) atoms. The molecule has 0 bridgehead atoms. The summed E-state index contributed by atoms with van der Waals surface area (Å²) in [5, 5.41) is 23.2. The molecule has 0 atom stereocenters. The Bertz CT molecular complexity index is 898. The van der Waals surface area contributed by atoms with E-state index in [-0.39, 0.29) is 5.41 Å². The standard InChI is InChI=1S/C20H24N3O.CH2O3/c1-20(2)17-8-6-7-9-18(17)22(3)19(20)14-21-23(4)15-10-12-16(24-5)13-11-15;2-1(3)4/h6-14H,1-5H3;(H2,2,3,4)/q+1;/p-2. The fourth-order valence-electron chi connectivity index (χ4n) is 3.24. The minimum atomic E-state index is -2.33. The molecule has 0 spiro atoms. The number of hydrogen-bond donors (Lipinski definition) is 0. The number of methoxy groups -OCH3 is 1. The second-order valence-electron chi connectivity index (χ2n) is 6.80. The Kier molecular flexibility index (Phi) is 6.41. The van der Waals surface area contributed by atoms with Crippen molar-refractivity contribution in [2.45, 2.75) is 19.3 Å². The molecular formula is C21H24N3O4-. The van der Waals surface area contributed by atoms with Gasteiger partial charge in [-0.3, -0.25) is 5.01 Å². The quantitative estimate of drug-likeness (QED) is 0.453. The first kappa shape index (κ1) is 21.0. The summed E-state index contributed by atoms with van der Waals surface area (Å²) in [5.41, 5.74) is 4.72. The summed E-state index contributed by atoms with van der Waals surface area (Å²) in [4.78, 5) is 8.33. The number of carbonyl (C=O) groups excluding carboxylic acids is 1. The molecule has 0 amide bonds. The SMILES string of the molecule is COc1ccc(N(C)N=CC2=[N+](C)c3ccccc3C2(C)C)cc1.O=C([O-])[O-]. The molecule has 0 radical (unpaired) electrons. The second kappa shape index (κ2) is 8.56. The minimum absolute atomic E-state index is 0.0599. The maximum atomic E-state index is 8.33. The van der Waals surface area contributed by atoms with Crippen LogP contribution in [0.25, 0.3) is 0 Å². The molecule has 3 rings (SSSR count). The fourth-order valence-corrected chi connectivity index (χ4v) is 3.24. The van der Waals surface area contributed by atoms with E-state index >= 15 is 0 Å². The van der Waals surface area contributed by atoms with Gasteiger partial charge in [0, 0.05) is 18.7 Å². The molecular weight excluding hydrogens is 358 g/mol. The number of fused-ring (bicyclic) bond motifs is 1. The van der Waals surface area contributed by atoms with Gasteiger partial charge in [-0.05, 0) is 44.3 Å². The monoisotopic (exact) mass is 382 g/mol. The van der Waals surface area contributed by atoms with Crippen LogP contribution in [-0.2, 0) is 5.41 Å². The van der Waals surface area contributed by atoms with Gasteiger partial charge < -0.3 is 19.7 Å². The molecule has 7 nitrogen and oxygen atoms in total. The van der Waals surface area contributed by atoms with Crippen LogP contribution in [0.4, 0.5) is 16.2 Å². The smallest absolute Gasteiger partial charge is 0.212 e. The van der Waals surface area contributed by atoms with Crippen molar-refractivity contribution in [1.82, 2.24) is 0 Å². The van der Waals surface area contributed by atoms with E-state index in [4.69, 9.17) is 19.7 Å². The van der Waals surface area contributed by atoms with E-state index in [1.807, 2.05) is 42.5 Å². The van der Waals surface area contributed by atoms with Crippen LogP contribution in [0.1, 0.15) is 19.4 Å². The van der Waals surface area contributed by atoms with E-state index in [2.05, 4.69) is 54.8 Å². The van der Waals surface area contributed by atoms with Gasteiger partial charge in [-0.25, -0.2) is 0 Å². The van der Waals surface area contributed by atoms with Crippen molar-refractivity contribution < 1.29 is 24.3 Å². The number of hydrogen-bond acceptors (Lipinski definition) is 6. The zero-order chi connectivity index (χ0) is 20.9. The van der Waals surface area contributed by atoms with Gasteiger partial charge in [0.05, 0.1) is 18.2 Å². The van der Waals surface area contributed by atoms with Crippen molar-refractivity contribution >= 4 is 29.5 Å². The lowest BCUT2D eigenvalue weighted by molar-refractivity contribution is -0.415. The number of carboxylic acid groups (broad SMARTS) is 2. The Hall–Kier alpha value is -3.35. The summed E-state index contributed by atoms with van der Waals surface area (Å²) in [6.07, 6.45) is -0.371. The maximum absolute atomic E-state index is 8.33. The van der Waals surface area contributed by atoms with Gasteiger partial charge in [0.25, 0.3) is 0 Å². The summed E-state index contributed by atoms with van der Waals surface area (Å²) < 4.78 is 7.42. The summed E-state index contributed by atoms with van der Waals surface area (Å²) in [7, 11) is 5.72. The van der Waals surface area contributed by atoms with E-state index in [0.29, 0.717) is 0 Å². The van der Waals surface area contributed by atoms with Gasteiger partial charge in [0.15, 0.2) is 0 Å². The van der Waals surface area contributed by atoms with E-state index in [9.17, 15) is 0 Å². The third-order valence-electron chi connectivity index (χ3n) is 4.74. The highest BCUT2D eigenvalue weighted by Crippen LogP contribution is 2.38. The molecule has 148 valence electrons. The van der Waals surface area contributed by atoms with Crippen molar-refractivity contribution in [3.05, 3.63) is 54.1 Å². The lowest BCUT2D eigenvalue weighted by Gasteiger charge is -2.16. The molecule has 0 saturated heterocycles. The predicted molar refractivity (Wildman–Crippen MR) is 106 cm³/mol. The molecule has 0 aliphatic carbocycles. The van der Waals surface area contributed by atoms with Crippen LogP contribution in [0, 0.1) is 0 Å². The van der Waals surface area contributed by atoms with Crippen LogP contribution < -0.4 is 20.0 Å². The first-order chi connectivity index (χ1) is 13.2. The molecule has 0 saturated carbocycles. The van der Waals surface area contributed by atoms with Crippen molar-refractivity contribution in [3.8, 4) is 5.75 Å². The van der Waals surface area contributed by atoms with Crippen LogP contribution in [0.5, 0.6) is 5.75 Å². The Morgan fingerprint density at radius 2 is 1.71 bits per heavy atom. The molecule has 1 heterocycles. The molecule has 2 aromatic rings. The largest absolute Gasteiger partial charge is 0.652 e. The first-order valence-corrected chi connectivity index (χ1v) is 8.69. The Morgan fingerprint density at radius 3 is 2.25 bits per heavy atom. The van der Waals surface area contributed by atoms with Crippen LogP contribution in [0.15, 0.2) is 53.6 Å². The van der Waals surface area contributed by atoms with Crippen molar-refractivity contribution in [3.63, 3.8) is 0 Å². The predicted octanol–water partition coefficient (Wildman–Crippen LogP) is 1.38. The Morgan fingerprint density at radius 1 is 1.14 bits per heavy atom. The van der Waals surface area contributed by atoms with Crippen LogP contribution in [-0.4, -0.2) is 43.9 Å². The topological polar surface area (TPSA) is 91.0 Å². The van der Waals surface area contributed by atoms with Gasteiger partial charge in [0.2, 0.25) is 11.4 Å². The molecule has 0 unspecified atom stereocenters. The fraction of sp³-hybridized carbons (Fsp3) is 0.286. The molecule has 0 aromatic heterocycles. The number of hydrazone groups is 1. The maximum Gasteiger partial charge on any atom is 0.212 e. The number of benzene rings is 2. The molecule has 1 aliphatic heterocycles. The third kappa shape index (κ3) is 4.49. The van der Waals surface area contributed by atoms with Gasteiger partial charge in [0.1, 0.15) is 19.0 Å². The van der Waals surface area contributed by atoms with Gasteiger partial charge in [-0.1, -0.05) is 18.2 Å². The first-order valence-electron chi connectivity index (χ1n) is 8.69. The highest BCUT2D eigenvalue weighted by Gasteiger charge is 2.43. The van der Waals surface area contributed by atoms with E-state index in [1.54, 1.807) is 7.11 Å². The summed E-state index contributed by atoms with van der Waals surface area (Å²) in [5.74, 6) is 0.845. The van der Waals surface area contributed by atoms with Crippen molar-refractivity contribution in [2.24, 2.45) is 5.10 Å². The Balaban J connectivity index is 0.000000640. The second-order valence-corrected chi connectivity index (χ2v) is 6.80. The number of anilines is 1. The van der Waals surface area contributed by atoms with Crippen molar-refractivity contribution in [2.75, 3.05) is 26.2 Å². The number of nitrogens with zero attached hydrogens (tertiary/aromatic N) is 3. The van der Waals surface area contributed by atoms with Crippen LogP contribution in [0.3, 0.4) is 0 Å². The number of ether oxygens (including phenoxy) is 1. The summed E-state index contributed by atoms with van der Waals surface area (Å²) in [6.45, 7) is 4.48. The molecule has 0 fully saturated rings. The highest BCUT2D eigenvalue weighted by molar-refractivity contribution is 6.33. The zero-order valence-corrected chi connectivity index (χ0v) is 16.7. The van der Waals surface area contributed by atoms with E-state index in [1.165, 1.54) is 17.0 Å². The summed E-state index contributed by atoms with van der Waals surface area (Å²) >= 11 is 0. The average Bonchev–Trinajstić information content (AvgIpc) is 2.86. The molecule has 1 aliphatic rings. The molecule has 0 N–H and O–H groups in total. The third-order valence-corrected chi connectivity index (χ3v) is 4.74. The van der Waals surface area contributed by atoms with Crippen molar-refractivity contribution in [1.29, 1.82) is 0 Å². The number of para-hydroxylation sites is 1. The number of rotatable bonds is 4. The normalized spacial score (nSPS) is 14.3. The van der Waals surface area contributed by atoms with E-state index in [0.717, 1.165) is 11.4 Å². The van der Waals surface area contributed by atoms with Gasteiger partial charge in [-0.15, -0.1) is 0 Å². The van der Waals surface area contributed by atoms with Gasteiger partial charge >= 0.3 is 0 Å². The van der Waals surface area contributed by atoms with Crippen LogP contribution >= 0.6 is 0 Å². The average molecular weight is 382 g/mol. The minimum Gasteiger partial charge on any atom is -0.652 e. The lowest BCUT2D eigenvalue weighted by atomic mass is 9.82. The van der Waals surface area contributed by atoms with Gasteiger partial charge in [-0.2, -0.15) is 9.68 Å². The van der Waals surface area contributed by atoms with E-state index < -0.39 is 6.16 Å². The highest BCUT2D eigenvalue weighted by atomic mass is 16.6. The number of carbonyl (C=O) groups is 1.